The Labute approximate surface area is 56.2 Å². The summed E-state index contributed by atoms with van der Waals surface area (Å²) in [5.41, 5.74) is 5.37. The third kappa shape index (κ3) is 2.02. The van der Waals surface area contributed by atoms with E-state index < -0.39 is 0 Å². The average Bonchev–Trinajstić information content (AvgIpc) is 2.34. The zero-order valence-corrected chi connectivity index (χ0v) is 5.77. The van der Waals surface area contributed by atoms with Gasteiger partial charge in [0.1, 0.15) is 0 Å². The van der Waals surface area contributed by atoms with E-state index in [0.29, 0.717) is 0 Å². The van der Waals surface area contributed by atoms with Crippen LogP contribution in [0, 0.1) is 0 Å². The smallest absolute Gasteiger partial charge is 0.0742 e. The first kappa shape index (κ1) is 6.56. The monoisotopic (exact) mass is 124 g/mol. The van der Waals surface area contributed by atoms with E-state index in [0.717, 1.165) is 6.54 Å². The van der Waals surface area contributed by atoms with Crippen molar-refractivity contribution in [1.82, 2.24) is 0 Å². The second-order valence-corrected chi connectivity index (χ2v) is 2.41. The van der Waals surface area contributed by atoms with Crippen LogP contribution < -0.4 is 5.73 Å². The molecule has 0 saturated carbocycles. The van der Waals surface area contributed by atoms with Crippen LogP contribution in [0.1, 0.15) is 19.3 Å². The largest absolute Gasteiger partial charge is 0.358 e. The Hall–Kier alpha value is -0.560. The summed E-state index contributed by atoms with van der Waals surface area (Å²) in [6.45, 7) is 1.07. The molecule has 50 valence electrons. The second-order valence-electron chi connectivity index (χ2n) is 2.41. The molecule has 0 radical (unpaired) electrons. The molecule has 0 amide bonds. The summed E-state index contributed by atoms with van der Waals surface area (Å²) in [7, 11) is 0. The number of hydrogen-bond acceptors (Lipinski definition) is 0. The molecule has 1 aliphatic carbocycles. The fourth-order valence-electron chi connectivity index (χ4n) is 1.03. The lowest BCUT2D eigenvalue weighted by Gasteiger charge is -1.95. The van der Waals surface area contributed by atoms with Crippen molar-refractivity contribution in [2.24, 2.45) is 0 Å². The molecule has 9 heavy (non-hydrogen) atoms. The van der Waals surface area contributed by atoms with Gasteiger partial charge >= 0.3 is 0 Å². The highest BCUT2D eigenvalue weighted by Gasteiger charge is 1.97. The molecule has 0 aromatic rings. The zero-order chi connectivity index (χ0) is 6.53. The summed E-state index contributed by atoms with van der Waals surface area (Å²) >= 11 is 0. The fourth-order valence-corrected chi connectivity index (χ4v) is 1.03. The van der Waals surface area contributed by atoms with Gasteiger partial charge in [0.05, 0.1) is 6.54 Å². The van der Waals surface area contributed by atoms with Gasteiger partial charge < -0.3 is 5.73 Å². The first-order chi connectivity index (χ1) is 4.43. The summed E-state index contributed by atoms with van der Waals surface area (Å²) in [6.07, 6.45) is 10.2. The highest BCUT2D eigenvalue weighted by Crippen LogP contribution is 2.14. The first-order valence-electron chi connectivity index (χ1n) is 3.57. The zero-order valence-electron chi connectivity index (χ0n) is 5.77. The van der Waals surface area contributed by atoms with Crippen molar-refractivity contribution in [2.75, 3.05) is 6.54 Å². The molecular weight excluding hydrogens is 110 g/mol. The lowest BCUT2D eigenvalue weighted by molar-refractivity contribution is -0.368. The number of quaternary nitrogens is 1. The van der Waals surface area contributed by atoms with E-state index in [1.54, 1.807) is 5.57 Å². The minimum absolute atomic E-state index is 1.07. The van der Waals surface area contributed by atoms with Gasteiger partial charge in [0.2, 0.25) is 0 Å². The third-order valence-corrected chi connectivity index (χ3v) is 1.60. The molecule has 0 unspecified atom stereocenters. The van der Waals surface area contributed by atoms with Gasteiger partial charge in [0.25, 0.3) is 0 Å². The van der Waals surface area contributed by atoms with Crippen LogP contribution in [-0.4, -0.2) is 6.54 Å². The Morgan fingerprint density at radius 1 is 1.56 bits per heavy atom. The maximum absolute atomic E-state index is 3.80. The van der Waals surface area contributed by atoms with Crippen molar-refractivity contribution < 1.29 is 5.73 Å². The van der Waals surface area contributed by atoms with Crippen LogP contribution in [0.5, 0.6) is 0 Å². The van der Waals surface area contributed by atoms with Crippen LogP contribution >= 0.6 is 0 Å². The van der Waals surface area contributed by atoms with Gasteiger partial charge in [-0.25, -0.2) is 0 Å². The Bertz CT molecular complexity index is 134. The molecule has 1 rings (SSSR count). The summed E-state index contributed by atoms with van der Waals surface area (Å²) in [6, 6.07) is 0. The molecule has 1 nitrogen and oxygen atoms in total. The lowest BCUT2D eigenvalue weighted by atomic mass is 10.1. The van der Waals surface area contributed by atoms with Gasteiger partial charge in [-0.3, -0.25) is 0 Å². The van der Waals surface area contributed by atoms with Crippen LogP contribution in [0.4, 0.5) is 0 Å². The van der Waals surface area contributed by atoms with Crippen molar-refractivity contribution in [1.29, 1.82) is 0 Å². The molecule has 0 aromatic heterocycles. The molecule has 0 aliphatic heterocycles. The molecule has 3 N–H and O–H groups in total. The highest BCUT2D eigenvalue weighted by atomic mass is 14.5. The Balaban J connectivity index is 2.14. The summed E-state index contributed by atoms with van der Waals surface area (Å²) in [5, 5.41) is 0. The fraction of sp³-hybridized carbons (Fsp3) is 0.500. The topological polar surface area (TPSA) is 27.6 Å². The molecule has 0 heterocycles. The van der Waals surface area contributed by atoms with E-state index in [-0.39, 0.29) is 0 Å². The van der Waals surface area contributed by atoms with Crippen molar-refractivity contribution in [3.8, 4) is 0 Å². The van der Waals surface area contributed by atoms with E-state index in [2.05, 4.69) is 24.0 Å². The molecule has 0 saturated heterocycles. The maximum Gasteiger partial charge on any atom is 0.0742 e. The molecule has 0 atom stereocenters. The third-order valence-electron chi connectivity index (χ3n) is 1.60. The van der Waals surface area contributed by atoms with E-state index in [4.69, 9.17) is 0 Å². The molecule has 0 bridgehead atoms. The van der Waals surface area contributed by atoms with Gasteiger partial charge in [0.15, 0.2) is 0 Å². The Morgan fingerprint density at radius 2 is 2.44 bits per heavy atom. The predicted octanol–water partition coefficient (Wildman–Crippen LogP) is 0.895. The number of allylic oxidation sites excluding steroid dienone is 4. The van der Waals surface area contributed by atoms with E-state index in [9.17, 15) is 0 Å². The molecule has 1 heteroatoms. The van der Waals surface area contributed by atoms with Crippen LogP contribution in [0.2, 0.25) is 0 Å². The Kier molecular flexibility index (Phi) is 2.52. The van der Waals surface area contributed by atoms with Crippen LogP contribution in [0.3, 0.4) is 0 Å². The van der Waals surface area contributed by atoms with Crippen LogP contribution in [0.15, 0.2) is 23.8 Å². The van der Waals surface area contributed by atoms with Crippen molar-refractivity contribution >= 4 is 0 Å². The predicted molar refractivity (Wildman–Crippen MR) is 38.8 cm³/mol. The molecule has 0 spiro atoms. The molecule has 0 aromatic carbocycles. The highest BCUT2D eigenvalue weighted by molar-refractivity contribution is 5.22. The summed E-state index contributed by atoms with van der Waals surface area (Å²) in [5.74, 6) is 0. The SMILES string of the molecule is [NH3+]CCCC1=CC=CC1. The minimum atomic E-state index is 1.07. The van der Waals surface area contributed by atoms with Gasteiger partial charge in [-0.15, -0.1) is 0 Å². The van der Waals surface area contributed by atoms with Crippen molar-refractivity contribution in [2.45, 2.75) is 19.3 Å². The van der Waals surface area contributed by atoms with Crippen molar-refractivity contribution in [3.05, 3.63) is 23.8 Å². The van der Waals surface area contributed by atoms with E-state index >= 15 is 0 Å². The molecular formula is C8H14N+. The van der Waals surface area contributed by atoms with Gasteiger partial charge in [-0.2, -0.15) is 0 Å². The summed E-state index contributed by atoms with van der Waals surface area (Å²) < 4.78 is 0. The van der Waals surface area contributed by atoms with Gasteiger partial charge in [-0.1, -0.05) is 23.8 Å². The number of rotatable bonds is 3. The van der Waals surface area contributed by atoms with Gasteiger partial charge in [-0.05, 0) is 12.8 Å². The van der Waals surface area contributed by atoms with E-state index in [1.807, 2.05) is 0 Å². The number of hydrogen-bond donors (Lipinski definition) is 1. The lowest BCUT2D eigenvalue weighted by Crippen LogP contribution is -2.50. The van der Waals surface area contributed by atoms with Crippen LogP contribution in [-0.2, 0) is 0 Å². The quantitative estimate of drug-likeness (QED) is 0.579. The summed E-state index contributed by atoms with van der Waals surface area (Å²) in [4.78, 5) is 0. The average molecular weight is 124 g/mol. The maximum atomic E-state index is 3.80. The minimum Gasteiger partial charge on any atom is -0.358 e. The van der Waals surface area contributed by atoms with Gasteiger partial charge in [0, 0.05) is 6.42 Å². The molecule has 0 fully saturated rings. The first-order valence-corrected chi connectivity index (χ1v) is 3.57. The standard InChI is InChI=1S/C8H13N/c9-7-3-6-8-4-1-2-5-8/h1-2,4H,3,5-7,9H2/p+1. The van der Waals surface area contributed by atoms with Crippen LogP contribution in [0.25, 0.3) is 0 Å². The van der Waals surface area contributed by atoms with E-state index in [1.165, 1.54) is 19.3 Å². The second kappa shape index (κ2) is 3.46. The molecule has 1 aliphatic rings. The Morgan fingerprint density at radius 3 is 3.00 bits per heavy atom. The normalized spacial score (nSPS) is 16.3. The van der Waals surface area contributed by atoms with Crippen molar-refractivity contribution in [3.63, 3.8) is 0 Å².